The maximum atomic E-state index is 11.9. The van der Waals surface area contributed by atoms with E-state index in [1.54, 1.807) is 0 Å². The minimum absolute atomic E-state index is 0.0446. The minimum Gasteiger partial charge on any atom is -0.341 e. The zero-order valence-corrected chi connectivity index (χ0v) is 10.2. The van der Waals surface area contributed by atoms with Crippen LogP contribution >= 0.6 is 11.8 Å². The van der Waals surface area contributed by atoms with Gasteiger partial charge in [-0.2, -0.15) is 11.8 Å². The van der Waals surface area contributed by atoms with Crippen molar-refractivity contribution in [3.63, 3.8) is 0 Å². The first-order valence-electron chi connectivity index (χ1n) is 5.44. The molecule has 1 aliphatic rings. The summed E-state index contributed by atoms with van der Waals surface area (Å²) in [4.78, 5) is 13.8. The number of likely N-dealkylation sites (N-methyl/N-ethyl adjacent to an activating group) is 1. The molecule has 0 bridgehead atoms. The smallest absolute Gasteiger partial charge is 0.239 e. The van der Waals surface area contributed by atoms with E-state index >= 15 is 0 Å². The van der Waals surface area contributed by atoms with Crippen LogP contribution in [0.1, 0.15) is 12.8 Å². The number of carbonyl (C=O) groups is 1. The van der Waals surface area contributed by atoms with Crippen molar-refractivity contribution in [1.29, 1.82) is 0 Å². The highest BCUT2D eigenvalue weighted by Crippen LogP contribution is 2.12. The summed E-state index contributed by atoms with van der Waals surface area (Å²) in [6, 6.07) is 0.0446. The molecule has 0 saturated carbocycles. The lowest BCUT2D eigenvalue weighted by molar-refractivity contribution is -0.135. The Balaban J connectivity index is 2.27. The number of carbonyl (C=O) groups excluding carboxylic acids is 1. The van der Waals surface area contributed by atoms with E-state index in [0.717, 1.165) is 37.4 Å². The highest BCUT2D eigenvalue weighted by molar-refractivity contribution is 7.99. The maximum absolute atomic E-state index is 11.9. The molecule has 1 fully saturated rings. The molecule has 1 unspecified atom stereocenters. The predicted molar refractivity (Wildman–Crippen MR) is 66.2 cm³/mol. The number of hydrogen-bond acceptors (Lipinski definition) is 3. The van der Waals surface area contributed by atoms with Gasteiger partial charge in [0.2, 0.25) is 5.91 Å². The van der Waals surface area contributed by atoms with Gasteiger partial charge in [0.1, 0.15) is 0 Å². The fourth-order valence-corrected chi connectivity index (χ4v) is 2.45. The number of nitrogens with one attached hydrogen (secondary N) is 1. The lowest BCUT2D eigenvalue weighted by Crippen LogP contribution is -2.50. The maximum Gasteiger partial charge on any atom is 0.239 e. The van der Waals surface area contributed by atoms with Crippen LogP contribution in [-0.2, 0) is 4.79 Å². The normalized spacial score (nSPS) is 21.8. The average molecular weight is 228 g/mol. The van der Waals surface area contributed by atoms with E-state index in [2.05, 4.69) is 11.9 Å². The summed E-state index contributed by atoms with van der Waals surface area (Å²) in [7, 11) is 1.86. The first-order valence-corrected chi connectivity index (χ1v) is 6.59. The zero-order chi connectivity index (χ0) is 11.1. The van der Waals surface area contributed by atoms with Crippen molar-refractivity contribution >= 4 is 17.7 Å². The van der Waals surface area contributed by atoms with Gasteiger partial charge in [0.05, 0.1) is 6.04 Å². The molecule has 1 rings (SSSR count). The molecule has 1 saturated heterocycles. The third-order valence-electron chi connectivity index (χ3n) is 2.62. The highest BCUT2D eigenvalue weighted by atomic mass is 32.2. The van der Waals surface area contributed by atoms with Crippen LogP contribution in [0.15, 0.2) is 12.7 Å². The first-order chi connectivity index (χ1) is 7.29. The number of amides is 1. The van der Waals surface area contributed by atoms with Gasteiger partial charge in [-0.25, -0.2) is 0 Å². The Bertz CT molecular complexity index is 221. The Labute approximate surface area is 96.3 Å². The largest absolute Gasteiger partial charge is 0.341 e. The average Bonchev–Trinajstić information content (AvgIpc) is 2.26. The molecular weight excluding hydrogens is 208 g/mol. The van der Waals surface area contributed by atoms with E-state index in [1.807, 2.05) is 29.8 Å². The van der Waals surface area contributed by atoms with Gasteiger partial charge < -0.3 is 10.2 Å². The van der Waals surface area contributed by atoms with Crippen molar-refractivity contribution in [2.24, 2.45) is 0 Å². The fraction of sp³-hybridized carbons (Fsp3) is 0.727. The summed E-state index contributed by atoms with van der Waals surface area (Å²) in [6.07, 6.45) is 3.99. The first kappa shape index (κ1) is 12.6. The molecule has 15 heavy (non-hydrogen) atoms. The molecule has 1 heterocycles. The van der Waals surface area contributed by atoms with Crippen LogP contribution in [0.2, 0.25) is 0 Å². The van der Waals surface area contributed by atoms with Crippen LogP contribution in [-0.4, -0.2) is 48.5 Å². The van der Waals surface area contributed by atoms with Gasteiger partial charge in [-0.3, -0.25) is 4.79 Å². The quantitative estimate of drug-likeness (QED) is 0.546. The van der Waals surface area contributed by atoms with Crippen LogP contribution in [0, 0.1) is 0 Å². The van der Waals surface area contributed by atoms with Crippen LogP contribution in [0.3, 0.4) is 0 Å². The molecule has 0 aromatic rings. The van der Waals surface area contributed by atoms with E-state index in [9.17, 15) is 4.79 Å². The van der Waals surface area contributed by atoms with Crippen molar-refractivity contribution in [3.05, 3.63) is 12.7 Å². The van der Waals surface area contributed by atoms with Gasteiger partial charge in [-0.05, 0) is 19.9 Å². The van der Waals surface area contributed by atoms with Crippen molar-refractivity contribution in [1.82, 2.24) is 10.2 Å². The van der Waals surface area contributed by atoms with Gasteiger partial charge in [-0.1, -0.05) is 6.08 Å². The minimum atomic E-state index is 0.0446. The molecule has 86 valence electrons. The molecule has 3 nitrogen and oxygen atoms in total. The summed E-state index contributed by atoms with van der Waals surface area (Å²) in [5.74, 6) is 2.24. The van der Waals surface area contributed by atoms with E-state index in [-0.39, 0.29) is 11.9 Å². The topological polar surface area (TPSA) is 32.3 Å². The molecule has 1 atom stereocenters. The third kappa shape index (κ3) is 3.87. The summed E-state index contributed by atoms with van der Waals surface area (Å²) < 4.78 is 0. The number of hydrogen-bond donors (Lipinski definition) is 1. The highest BCUT2D eigenvalue weighted by Gasteiger charge is 2.26. The van der Waals surface area contributed by atoms with Crippen LogP contribution in [0.5, 0.6) is 0 Å². The van der Waals surface area contributed by atoms with Crippen LogP contribution in [0.25, 0.3) is 0 Å². The Morgan fingerprint density at radius 1 is 1.73 bits per heavy atom. The standard InChI is InChI=1S/C11H20N2OS/c1-3-8-15-9-7-13-6-4-5-10(12-2)11(13)14/h3,10,12H,1,4-9H2,2H3. The number of rotatable bonds is 6. The summed E-state index contributed by atoms with van der Waals surface area (Å²) >= 11 is 1.83. The predicted octanol–water partition coefficient (Wildman–Crippen LogP) is 1.12. The monoisotopic (exact) mass is 228 g/mol. The van der Waals surface area contributed by atoms with Crippen LogP contribution in [0.4, 0.5) is 0 Å². The van der Waals surface area contributed by atoms with Crippen molar-refractivity contribution < 1.29 is 4.79 Å². The molecule has 0 aliphatic carbocycles. The number of likely N-dealkylation sites (tertiary alicyclic amines) is 1. The summed E-state index contributed by atoms with van der Waals surface area (Å²) in [5, 5.41) is 3.07. The van der Waals surface area contributed by atoms with Crippen LogP contribution < -0.4 is 5.32 Å². The fourth-order valence-electron chi connectivity index (χ4n) is 1.77. The Morgan fingerprint density at radius 2 is 2.53 bits per heavy atom. The van der Waals surface area contributed by atoms with Gasteiger partial charge in [-0.15, -0.1) is 6.58 Å². The molecule has 4 heteroatoms. The molecule has 1 amide bonds. The van der Waals surface area contributed by atoms with Gasteiger partial charge >= 0.3 is 0 Å². The second-order valence-corrected chi connectivity index (χ2v) is 4.82. The molecule has 0 aromatic heterocycles. The van der Waals surface area contributed by atoms with Gasteiger partial charge in [0.15, 0.2) is 0 Å². The number of piperidine rings is 1. The van der Waals surface area contributed by atoms with Crippen molar-refractivity contribution in [2.45, 2.75) is 18.9 Å². The van der Waals surface area contributed by atoms with Gasteiger partial charge in [0, 0.05) is 24.6 Å². The van der Waals surface area contributed by atoms with Gasteiger partial charge in [0.25, 0.3) is 0 Å². The molecule has 0 radical (unpaired) electrons. The van der Waals surface area contributed by atoms with E-state index in [4.69, 9.17) is 0 Å². The molecule has 1 aliphatic heterocycles. The Hall–Kier alpha value is -0.480. The third-order valence-corrected chi connectivity index (χ3v) is 3.56. The lowest BCUT2D eigenvalue weighted by Gasteiger charge is -2.31. The number of nitrogens with zero attached hydrogens (tertiary/aromatic N) is 1. The van der Waals surface area contributed by atoms with E-state index in [1.165, 1.54) is 0 Å². The molecule has 0 aromatic carbocycles. The Kier molecular flexibility index (Phi) is 5.79. The molecule has 0 spiro atoms. The van der Waals surface area contributed by atoms with E-state index < -0.39 is 0 Å². The SMILES string of the molecule is C=CCSCCN1CCCC(NC)C1=O. The second kappa shape index (κ2) is 6.90. The zero-order valence-electron chi connectivity index (χ0n) is 9.37. The van der Waals surface area contributed by atoms with Crippen molar-refractivity contribution in [3.8, 4) is 0 Å². The second-order valence-electron chi connectivity index (χ2n) is 3.67. The van der Waals surface area contributed by atoms with Crippen molar-refractivity contribution in [2.75, 3.05) is 31.6 Å². The Morgan fingerprint density at radius 3 is 3.20 bits per heavy atom. The number of thioether (sulfide) groups is 1. The summed E-state index contributed by atoms with van der Waals surface area (Å²) in [5.41, 5.74) is 0. The van der Waals surface area contributed by atoms with E-state index in [0.29, 0.717) is 0 Å². The lowest BCUT2D eigenvalue weighted by atomic mass is 10.1. The molecule has 1 N–H and O–H groups in total. The molecular formula is C11H20N2OS. The summed E-state index contributed by atoms with van der Waals surface area (Å²) in [6.45, 7) is 5.47.